The third-order valence-electron chi connectivity index (χ3n) is 4.48. The van der Waals surface area contributed by atoms with Crippen molar-refractivity contribution in [3.05, 3.63) is 57.6 Å². The molecule has 0 fully saturated rings. The molecule has 0 atom stereocenters. The highest BCUT2D eigenvalue weighted by Gasteiger charge is 2.25. The Labute approximate surface area is 174 Å². The molecule has 0 saturated heterocycles. The summed E-state index contributed by atoms with van der Waals surface area (Å²) in [5.74, 6) is 0.0930. The average Bonchev–Trinajstić information content (AvgIpc) is 2.66. The number of sulfonamides is 1. The highest BCUT2D eigenvalue weighted by atomic mass is 35.5. The van der Waals surface area contributed by atoms with Crippen LogP contribution >= 0.6 is 23.2 Å². The maximum Gasteiger partial charge on any atom is 0.262 e. The van der Waals surface area contributed by atoms with Crippen LogP contribution in [0.2, 0.25) is 10.0 Å². The van der Waals surface area contributed by atoms with Crippen LogP contribution in [0.4, 0.5) is 5.69 Å². The smallest absolute Gasteiger partial charge is 0.262 e. The molecule has 0 spiro atoms. The van der Waals surface area contributed by atoms with Crippen molar-refractivity contribution in [1.29, 1.82) is 0 Å². The largest absolute Gasteiger partial charge is 0.482 e. The first-order valence-corrected chi connectivity index (χ1v) is 11.1. The fourth-order valence-corrected chi connectivity index (χ4v) is 4.50. The van der Waals surface area contributed by atoms with Gasteiger partial charge in [-0.1, -0.05) is 29.3 Å². The summed E-state index contributed by atoms with van der Waals surface area (Å²) in [6.07, 6.45) is 0.654. The van der Waals surface area contributed by atoms with E-state index in [0.29, 0.717) is 41.0 Å². The fraction of sp³-hybridized carbons (Fsp3) is 0.316. The molecule has 3 rings (SSSR count). The van der Waals surface area contributed by atoms with Crippen LogP contribution in [-0.4, -0.2) is 37.5 Å². The summed E-state index contributed by atoms with van der Waals surface area (Å²) in [4.78, 5) is 12.2. The Morgan fingerprint density at radius 2 is 1.96 bits per heavy atom. The van der Waals surface area contributed by atoms with Gasteiger partial charge in [-0.15, -0.1) is 0 Å². The summed E-state index contributed by atoms with van der Waals surface area (Å²) >= 11 is 11.9. The van der Waals surface area contributed by atoms with Crippen LogP contribution in [0.15, 0.2) is 36.4 Å². The Kier molecular flexibility index (Phi) is 6.50. The van der Waals surface area contributed by atoms with E-state index >= 15 is 0 Å². The highest BCUT2D eigenvalue weighted by molar-refractivity contribution is 7.89. The van der Waals surface area contributed by atoms with Crippen molar-refractivity contribution >= 4 is 44.8 Å². The van der Waals surface area contributed by atoms with Crippen LogP contribution < -0.4 is 10.1 Å². The van der Waals surface area contributed by atoms with Gasteiger partial charge in [0.1, 0.15) is 5.75 Å². The number of rotatable bonds is 6. The normalized spacial score (nSPS) is 14.4. The second-order valence-corrected chi connectivity index (χ2v) is 9.48. The quantitative estimate of drug-likeness (QED) is 0.739. The van der Waals surface area contributed by atoms with Gasteiger partial charge in [0.15, 0.2) is 6.61 Å². The Balaban J connectivity index is 1.64. The summed E-state index contributed by atoms with van der Waals surface area (Å²) in [6.45, 7) is 2.21. The van der Waals surface area contributed by atoms with Gasteiger partial charge in [0.05, 0.1) is 10.8 Å². The minimum atomic E-state index is -3.24. The molecule has 0 aliphatic carbocycles. The molecule has 28 heavy (non-hydrogen) atoms. The van der Waals surface area contributed by atoms with Crippen molar-refractivity contribution in [2.75, 3.05) is 24.2 Å². The number of fused-ring (bicyclic) bond motifs is 1. The van der Waals surface area contributed by atoms with Gasteiger partial charge in [0.25, 0.3) is 5.91 Å². The van der Waals surface area contributed by atoms with Crippen LogP contribution in [0.25, 0.3) is 0 Å². The minimum absolute atomic E-state index is 0.0728. The van der Waals surface area contributed by atoms with Gasteiger partial charge < -0.3 is 10.1 Å². The summed E-state index contributed by atoms with van der Waals surface area (Å²) < 4.78 is 31.1. The molecule has 0 bridgehead atoms. The monoisotopic (exact) mass is 442 g/mol. The number of halogens is 2. The van der Waals surface area contributed by atoms with Crippen molar-refractivity contribution in [3.63, 3.8) is 0 Å². The lowest BCUT2D eigenvalue weighted by molar-refractivity contribution is -0.118. The molecule has 9 heteroatoms. The number of amides is 1. The van der Waals surface area contributed by atoms with Gasteiger partial charge in [0, 0.05) is 23.8 Å². The van der Waals surface area contributed by atoms with Gasteiger partial charge in [-0.05, 0) is 54.8 Å². The van der Waals surface area contributed by atoms with Crippen LogP contribution in [-0.2, 0) is 27.8 Å². The predicted molar refractivity (Wildman–Crippen MR) is 111 cm³/mol. The van der Waals surface area contributed by atoms with Gasteiger partial charge in [0.2, 0.25) is 10.0 Å². The third kappa shape index (κ3) is 4.97. The van der Waals surface area contributed by atoms with Gasteiger partial charge in [-0.3, -0.25) is 4.79 Å². The lowest BCUT2D eigenvalue weighted by Crippen LogP contribution is -2.36. The molecule has 150 valence electrons. The van der Waals surface area contributed by atoms with Crippen molar-refractivity contribution < 1.29 is 17.9 Å². The molecular weight excluding hydrogens is 423 g/mol. The SMILES string of the molecule is CCS(=O)(=O)N1CCc2ccc(NC(=O)COc3ccc(Cl)cc3Cl)cc2C1. The first kappa shape index (κ1) is 20.9. The van der Waals surface area contributed by atoms with Crippen LogP contribution in [0, 0.1) is 0 Å². The van der Waals surface area contributed by atoms with Crippen molar-refractivity contribution in [1.82, 2.24) is 4.31 Å². The molecule has 0 aromatic heterocycles. The van der Waals surface area contributed by atoms with E-state index in [9.17, 15) is 13.2 Å². The second kappa shape index (κ2) is 8.69. The first-order valence-electron chi connectivity index (χ1n) is 8.76. The molecule has 6 nitrogen and oxygen atoms in total. The molecular formula is C19H20Cl2N2O4S. The van der Waals surface area contributed by atoms with Gasteiger partial charge in [-0.2, -0.15) is 4.31 Å². The van der Waals surface area contributed by atoms with E-state index in [0.717, 1.165) is 11.1 Å². The Hall–Kier alpha value is -1.80. The lowest BCUT2D eigenvalue weighted by atomic mass is 10.0. The Morgan fingerprint density at radius 3 is 2.68 bits per heavy atom. The summed E-state index contributed by atoms with van der Waals surface area (Å²) in [6, 6.07) is 10.3. The standard InChI is InChI=1S/C19H20Cl2N2O4S/c1-2-28(25,26)23-8-7-13-3-5-16(9-14(13)11-23)22-19(24)12-27-18-6-4-15(20)10-17(18)21/h3-6,9-10H,2,7-8,11-12H2,1H3,(H,22,24). The molecule has 1 aliphatic heterocycles. The van der Waals surface area contributed by atoms with Crippen LogP contribution in [0.5, 0.6) is 5.75 Å². The number of ether oxygens (including phenoxy) is 1. The molecule has 0 radical (unpaired) electrons. The summed E-state index contributed by atoms with van der Waals surface area (Å²) in [5.41, 5.74) is 2.57. The van der Waals surface area contributed by atoms with Crippen molar-refractivity contribution in [2.45, 2.75) is 19.9 Å². The predicted octanol–water partition coefficient (Wildman–Crippen LogP) is 3.72. The van der Waals surface area contributed by atoms with Crippen LogP contribution in [0.1, 0.15) is 18.1 Å². The maximum absolute atomic E-state index is 12.2. The number of nitrogens with zero attached hydrogens (tertiary/aromatic N) is 1. The molecule has 0 unspecified atom stereocenters. The number of carbonyl (C=O) groups excluding carboxylic acids is 1. The third-order valence-corrected chi connectivity index (χ3v) is 6.84. The molecule has 0 saturated carbocycles. The summed E-state index contributed by atoms with van der Waals surface area (Å²) in [7, 11) is -3.24. The number of anilines is 1. The zero-order valence-corrected chi connectivity index (χ0v) is 17.6. The number of hydrogen-bond donors (Lipinski definition) is 1. The molecule has 2 aromatic rings. The number of benzene rings is 2. The van der Waals surface area contributed by atoms with Crippen LogP contribution in [0.3, 0.4) is 0 Å². The zero-order chi connectivity index (χ0) is 20.3. The molecule has 1 aliphatic rings. The fourth-order valence-electron chi connectivity index (χ4n) is 2.96. The van der Waals surface area contributed by atoms with E-state index in [2.05, 4.69) is 5.32 Å². The zero-order valence-electron chi connectivity index (χ0n) is 15.2. The van der Waals surface area contributed by atoms with E-state index in [1.54, 1.807) is 31.2 Å². The number of nitrogens with one attached hydrogen (secondary N) is 1. The molecule has 1 N–H and O–H groups in total. The lowest BCUT2D eigenvalue weighted by Gasteiger charge is -2.28. The molecule has 1 heterocycles. The maximum atomic E-state index is 12.2. The Bertz CT molecular complexity index is 995. The average molecular weight is 443 g/mol. The van der Waals surface area contributed by atoms with E-state index in [4.69, 9.17) is 27.9 Å². The van der Waals surface area contributed by atoms with E-state index in [1.807, 2.05) is 6.07 Å². The minimum Gasteiger partial charge on any atom is -0.482 e. The van der Waals surface area contributed by atoms with E-state index in [-0.39, 0.29) is 18.3 Å². The molecule has 1 amide bonds. The van der Waals surface area contributed by atoms with Gasteiger partial charge in [-0.25, -0.2) is 8.42 Å². The van der Waals surface area contributed by atoms with Crippen molar-refractivity contribution in [3.8, 4) is 5.75 Å². The number of hydrogen-bond acceptors (Lipinski definition) is 4. The Morgan fingerprint density at radius 1 is 1.18 bits per heavy atom. The number of carbonyl (C=O) groups is 1. The first-order chi connectivity index (χ1) is 13.3. The molecule has 2 aromatic carbocycles. The van der Waals surface area contributed by atoms with E-state index in [1.165, 1.54) is 10.4 Å². The van der Waals surface area contributed by atoms with Gasteiger partial charge >= 0.3 is 0 Å². The topological polar surface area (TPSA) is 75.7 Å². The van der Waals surface area contributed by atoms with Crippen molar-refractivity contribution in [2.24, 2.45) is 0 Å². The van der Waals surface area contributed by atoms with E-state index < -0.39 is 10.0 Å². The highest BCUT2D eigenvalue weighted by Crippen LogP contribution is 2.28. The second-order valence-electron chi connectivity index (χ2n) is 6.38. The summed E-state index contributed by atoms with van der Waals surface area (Å²) in [5, 5.41) is 3.57.